The summed E-state index contributed by atoms with van der Waals surface area (Å²) in [5.74, 6) is -1.90. The molecule has 0 N–H and O–H groups in total. The average Bonchev–Trinajstić information content (AvgIpc) is 2.40. The van der Waals surface area contributed by atoms with Crippen LogP contribution in [0.25, 0.3) is 0 Å². The average molecular weight is 220 g/mol. The molecule has 3 aliphatic rings. The third kappa shape index (κ3) is 1.02. The van der Waals surface area contributed by atoms with Crippen LogP contribution in [-0.4, -0.2) is 14.2 Å². The summed E-state index contributed by atoms with van der Waals surface area (Å²) in [7, 11) is 3.16. The van der Waals surface area contributed by atoms with E-state index in [-0.39, 0.29) is 0 Å². The maximum atomic E-state index is 5.39. The molecule has 4 heteroatoms. The molecular formula is C12H12O4. The van der Waals surface area contributed by atoms with Gasteiger partial charge in [0.25, 0.3) is 0 Å². The molecule has 1 aromatic carbocycles. The molecule has 0 radical (unpaired) electrons. The fraction of sp³-hybridized carbons (Fsp3) is 0.333. The Hall–Kier alpha value is -1.20. The van der Waals surface area contributed by atoms with Crippen molar-refractivity contribution in [1.82, 2.24) is 0 Å². The minimum atomic E-state index is -0.948. The Kier molecular flexibility index (Phi) is 1.96. The van der Waals surface area contributed by atoms with E-state index in [0.717, 1.165) is 11.1 Å². The molecule has 0 fully saturated rings. The van der Waals surface area contributed by atoms with Crippen molar-refractivity contribution < 1.29 is 19.2 Å². The van der Waals surface area contributed by atoms with Gasteiger partial charge in [-0.2, -0.15) is 9.78 Å². The second kappa shape index (κ2) is 3.15. The van der Waals surface area contributed by atoms with Gasteiger partial charge >= 0.3 is 0 Å². The summed E-state index contributed by atoms with van der Waals surface area (Å²) in [4.78, 5) is 10.6. The number of ether oxygens (including phenoxy) is 2. The fourth-order valence-corrected chi connectivity index (χ4v) is 2.18. The molecule has 2 aliphatic heterocycles. The monoisotopic (exact) mass is 220 g/mol. The van der Waals surface area contributed by atoms with Gasteiger partial charge in [-0.05, 0) is 12.2 Å². The van der Waals surface area contributed by atoms with Crippen LogP contribution in [0.15, 0.2) is 36.4 Å². The second-order valence-corrected chi connectivity index (χ2v) is 3.79. The van der Waals surface area contributed by atoms with Crippen molar-refractivity contribution in [3.05, 3.63) is 47.5 Å². The van der Waals surface area contributed by atoms with Crippen LogP contribution in [0.3, 0.4) is 0 Å². The first-order valence-electron chi connectivity index (χ1n) is 5.04. The SMILES string of the molecule is CO[C@@]12C=C[C@@](OC)(OO1)c1ccccc12. The normalized spacial score (nSPS) is 35.1. The molecule has 2 heterocycles. The first kappa shape index (κ1) is 9.99. The molecule has 0 unspecified atom stereocenters. The van der Waals surface area contributed by atoms with E-state index in [2.05, 4.69) is 0 Å². The molecule has 0 amide bonds. The zero-order valence-corrected chi connectivity index (χ0v) is 9.10. The second-order valence-electron chi connectivity index (χ2n) is 3.79. The summed E-state index contributed by atoms with van der Waals surface area (Å²) < 4.78 is 10.8. The minimum Gasteiger partial charge on any atom is -0.344 e. The molecule has 1 aliphatic carbocycles. The van der Waals surface area contributed by atoms with Gasteiger partial charge in [-0.15, -0.1) is 0 Å². The molecule has 4 nitrogen and oxygen atoms in total. The van der Waals surface area contributed by atoms with E-state index >= 15 is 0 Å². The Morgan fingerprint density at radius 1 is 0.875 bits per heavy atom. The summed E-state index contributed by atoms with van der Waals surface area (Å²) in [6, 6.07) is 7.75. The Balaban J connectivity index is 2.27. The van der Waals surface area contributed by atoms with Crippen molar-refractivity contribution in [3.63, 3.8) is 0 Å². The molecule has 2 atom stereocenters. The van der Waals surface area contributed by atoms with Crippen LogP contribution >= 0.6 is 0 Å². The molecule has 0 spiro atoms. The highest BCUT2D eigenvalue weighted by Gasteiger charge is 2.53. The van der Waals surface area contributed by atoms with Gasteiger partial charge in [0, 0.05) is 25.3 Å². The zero-order valence-electron chi connectivity index (χ0n) is 9.10. The van der Waals surface area contributed by atoms with Crippen molar-refractivity contribution in [2.75, 3.05) is 14.2 Å². The minimum absolute atomic E-state index is 0.910. The van der Waals surface area contributed by atoms with Crippen molar-refractivity contribution in [3.8, 4) is 0 Å². The summed E-state index contributed by atoms with van der Waals surface area (Å²) in [5.41, 5.74) is 1.82. The van der Waals surface area contributed by atoms with E-state index in [9.17, 15) is 0 Å². The molecule has 84 valence electrons. The number of rotatable bonds is 2. The lowest BCUT2D eigenvalue weighted by Gasteiger charge is -2.45. The van der Waals surface area contributed by atoms with E-state index in [4.69, 9.17) is 19.2 Å². The van der Waals surface area contributed by atoms with Gasteiger partial charge in [-0.3, -0.25) is 0 Å². The molecule has 1 aromatic rings. The fourth-order valence-electron chi connectivity index (χ4n) is 2.18. The van der Waals surface area contributed by atoms with Gasteiger partial charge < -0.3 is 9.47 Å². The van der Waals surface area contributed by atoms with E-state index in [1.165, 1.54) is 0 Å². The van der Waals surface area contributed by atoms with Crippen molar-refractivity contribution >= 4 is 0 Å². The molecule has 16 heavy (non-hydrogen) atoms. The lowest BCUT2D eigenvalue weighted by atomic mass is 9.87. The lowest BCUT2D eigenvalue weighted by Crippen LogP contribution is -2.48. The van der Waals surface area contributed by atoms with Gasteiger partial charge in [-0.25, -0.2) is 0 Å². The predicted molar refractivity (Wildman–Crippen MR) is 55.1 cm³/mol. The van der Waals surface area contributed by atoms with Crippen LogP contribution in [-0.2, 0) is 30.8 Å². The molecule has 2 bridgehead atoms. The van der Waals surface area contributed by atoms with Crippen LogP contribution in [0.2, 0.25) is 0 Å². The highest BCUT2D eigenvalue weighted by molar-refractivity contribution is 5.44. The van der Waals surface area contributed by atoms with Gasteiger partial charge in [0.15, 0.2) is 0 Å². The largest absolute Gasteiger partial charge is 0.344 e. The van der Waals surface area contributed by atoms with Crippen LogP contribution in [0.1, 0.15) is 11.1 Å². The Labute approximate surface area is 93.3 Å². The standard InChI is InChI=1S/C12H12O4/c1-13-11-7-8-12(14-2,16-15-11)10-6-4-3-5-9(10)11/h3-8H,1-2H3/t11-,12+. The number of hydrogen-bond acceptors (Lipinski definition) is 4. The lowest BCUT2D eigenvalue weighted by molar-refractivity contribution is -0.510. The molecule has 0 aromatic heterocycles. The quantitative estimate of drug-likeness (QED) is 0.562. The number of methoxy groups -OCH3 is 2. The van der Waals surface area contributed by atoms with Crippen LogP contribution < -0.4 is 0 Å². The first-order chi connectivity index (χ1) is 7.76. The van der Waals surface area contributed by atoms with Crippen molar-refractivity contribution in [2.24, 2.45) is 0 Å². The number of hydrogen-bond donors (Lipinski definition) is 0. The highest BCUT2D eigenvalue weighted by Crippen LogP contribution is 2.49. The third-order valence-electron chi connectivity index (χ3n) is 3.10. The smallest absolute Gasteiger partial charge is 0.247 e. The van der Waals surface area contributed by atoms with E-state index in [1.54, 1.807) is 14.2 Å². The van der Waals surface area contributed by atoms with Crippen molar-refractivity contribution in [2.45, 2.75) is 11.6 Å². The van der Waals surface area contributed by atoms with Gasteiger partial charge in [-0.1, -0.05) is 24.3 Å². The van der Waals surface area contributed by atoms with E-state index < -0.39 is 11.6 Å². The van der Waals surface area contributed by atoms with Crippen LogP contribution in [0.4, 0.5) is 0 Å². The van der Waals surface area contributed by atoms with Crippen molar-refractivity contribution in [1.29, 1.82) is 0 Å². The molecule has 0 saturated heterocycles. The maximum absolute atomic E-state index is 5.39. The predicted octanol–water partition coefficient (Wildman–Crippen LogP) is 1.82. The third-order valence-corrected chi connectivity index (χ3v) is 3.10. The summed E-state index contributed by atoms with van der Waals surface area (Å²) in [6.45, 7) is 0. The Morgan fingerprint density at radius 2 is 1.31 bits per heavy atom. The zero-order chi connectivity index (χ0) is 11.2. The van der Waals surface area contributed by atoms with E-state index in [1.807, 2.05) is 36.4 Å². The van der Waals surface area contributed by atoms with E-state index in [0.29, 0.717) is 0 Å². The first-order valence-corrected chi connectivity index (χ1v) is 5.04. The van der Waals surface area contributed by atoms with Gasteiger partial charge in [0.2, 0.25) is 11.6 Å². The molecular weight excluding hydrogens is 208 g/mol. The molecule has 0 saturated carbocycles. The highest BCUT2D eigenvalue weighted by atomic mass is 17.3. The van der Waals surface area contributed by atoms with Gasteiger partial charge in [0.05, 0.1) is 0 Å². The van der Waals surface area contributed by atoms with Crippen LogP contribution in [0, 0.1) is 0 Å². The Morgan fingerprint density at radius 3 is 1.62 bits per heavy atom. The number of benzene rings is 1. The molecule has 4 rings (SSSR count). The topological polar surface area (TPSA) is 36.9 Å². The summed E-state index contributed by atoms with van der Waals surface area (Å²) in [6.07, 6.45) is 3.62. The van der Waals surface area contributed by atoms with Gasteiger partial charge in [0.1, 0.15) is 0 Å². The Bertz CT molecular complexity index is 415. The summed E-state index contributed by atoms with van der Waals surface area (Å²) >= 11 is 0. The maximum Gasteiger partial charge on any atom is 0.247 e. The number of fused-ring (bicyclic) bond motifs is 1. The van der Waals surface area contributed by atoms with Crippen LogP contribution in [0.5, 0.6) is 0 Å². The summed E-state index contributed by atoms with van der Waals surface area (Å²) in [5, 5.41) is 0.